The van der Waals surface area contributed by atoms with Crippen molar-refractivity contribution < 1.29 is 4.79 Å². The van der Waals surface area contributed by atoms with Crippen LogP contribution in [0.2, 0.25) is 0 Å². The molecule has 0 bridgehead atoms. The largest absolute Gasteiger partial charge is 0.369 e. The van der Waals surface area contributed by atoms with Crippen molar-refractivity contribution in [3.8, 4) is 0 Å². The van der Waals surface area contributed by atoms with Gasteiger partial charge in [0.25, 0.3) is 0 Å². The fraction of sp³-hybridized carbons (Fsp3) is 0.467. The van der Waals surface area contributed by atoms with E-state index in [9.17, 15) is 4.79 Å². The standard InChI is InChI=1S/C15H21N5O/c1-15(14(16)21)6-8-19(10-15)13-11(9-17-2)20-7-4-3-5-12(20)18-13/h3-5,7,17H,6,8-10H2,1-2H3,(H2,16,21). The molecule has 1 atom stereocenters. The zero-order chi connectivity index (χ0) is 15.0. The fourth-order valence-electron chi connectivity index (χ4n) is 2.96. The number of amides is 1. The lowest BCUT2D eigenvalue weighted by Gasteiger charge is -2.21. The number of aromatic nitrogens is 2. The second-order valence-electron chi connectivity index (χ2n) is 5.94. The van der Waals surface area contributed by atoms with Gasteiger partial charge in [-0.25, -0.2) is 4.98 Å². The van der Waals surface area contributed by atoms with Crippen LogP contribution in [0.3, 0.4) is 0 Å². The first-order valence-electron chi connectivity index (χ1n) is 7.20. The molecule has 1 aliphatic rings. The number of carbonyl (C=O) groups excluding carboxylic acids is 1. The minimum absolute atomic E-state index is 0.232. The van der Waals surface area contributed by atoms with E-state index in [-0.39, 0.29) is 5.91 Å². The maximum Gasteiger partial charge on any atom is 0.225 e. The minimum Gasteiger partial charge on any atom is -0.369 e. The zero-order valence-corrected chi connectivity index (χ0v) is 12.5. The molecule has 1 saturated heterocycles. The van der Waals surface area contributed by atoms with Crippen LogP contribution in [0.15, 0.2) is 24.4 Å². The molecule has 0 aromatic carbocycles. The normalized spacial score (nSPS) is 22.1. The average Bonchev–Trinajstić information content (AvgIpc) is 3.02. The number of hydrogen-bond acceptors (Lipinski definition) is 4. The highest BCUT2D eigenvalue weighted by Gasteiger charge is 2.40. The van der Waals surface area contributed by atoms with Gasteiger partial charge in [0.2, 0.25) is 5.91 Å². The molecule has 112 valence electrons. The van der Waals surface area contributed by atoms with Crippen molar-refractivity contribution in [3.05, 3.63) is 30.1 Å². The summed E-state index contributed by atoms with van der Waals surface area (Å²) in [4.78, 5) is 18.5. The highest BCUT2D eigenvalue weighted by Crippen LogP contribution is 2.34. The third-order valence-corrected chi connectivity index (χ3v) is 4.32. The molecular weight excluding hydrogens is 266 g/mol. The molecule has 3 heterocycles. The highest BCUT2D eigenvalue weighted by atomic mass is 16.1. The van der Waals surface area contributed by atoms with Gasteiger partial charge in [0.05, 0.1) is 11.1 Å². The Bertz CT molecular complexity index is 680. The van der Waals surface area contributed by atoms with E-state index in [1.54, 1.807) is 0 Å². The number of nitrogens with one attached hydrogen (secondary N) is 1. The van der Waals surface area contributed by atoms with E-state index < -0.39 is 5.41 Å². The van der Waals surface area contributed by atoms with E-state index in [0.29, 0.717) is 6.54 Å². The predicted molar refractivity (Wildman–Crippen MR) is 82.1 cm³/mol. The van der Waals surface area contributed by atoms with Gasteiger partial charge < -0.3 is 20.4 Å². The topological polar surface area (TPSA) is 75.7 Å². The number of imidazole rings is 1. The molecular formula is C15H21N5O. The summed E-state index contributed by atoms with van der Waals surface area (Å²) in [6.07, 6.45) is 2.79. The molecule has 6 heteroatoms. The number of hydrogen-bond donors (Lipinski definition) is 2. The summed E-state index contributed by atoms with van der Waals surface area (Å²) in [6, 6.07) is 5.97. The van der Waals surface area contributed by atoms with Crippen molar-refractivity contribution in [1.82, 2.24) is 14.7 Å². The van der Waals surface area contributed by atoms with E-state index in [1.165, 1.54) is 0 Å². The Labute approximate surface area is 123 Å². The van der Waals surface area contributed by atoms with Gasteiger partial charge in [-0.3, -0.25) is 4.79 Å². The summed E-state index contributed by atoms with van der Waals surface area (Å²) >= 11 is 0. The number of nitrogens with zero attached hydrogens (tertiary/aromatic N) is 3. The van der Waals surface area contributed by atoms with Crippen LogP contribution in [0.25, 0.3) is 5.65 Å². The summed E-state index contributed by atoms with van der Waals surface area (Å²) in [7, 11) is 1.92. The molecule has 1 aliphatic heterocycles. The number of nitrogens with two attached hydrogens (primary N) is 1. The zero-order valence-electron chi connectivity index (χ0n) is 12.5. The van der Waals surface area contributed by atoms with Crippen molar-refractivity contribution in [2.24, 2.45) is 11.1 Å². The molecule has 1 fully saturated rings. The highest BCUT2D eigenvalue weighted by molar-refractivity contribution is 5.82. The monoisotopic (exact) mass is 287 g/mol. The van der Waals surface area contributed by atoms with E-state index in [2.05, 4.69) is 14.6 Å². The van der Waals surface area contributed by atoms with Crippen LogP contribution in [0, 0.1) is 5.41 Å². The molecule has 3 N–H and O–H groups in total. The number of primary amides is 1. The van der Waals surface area contributed by atoms with Crippen molar-refractivity contribution in [1.29, 1.82) is 0 Å². The van der Waals surface area contributed by atoms with E-state index in [4.69, 9.17) is 10.7 Å². The Hall–Kier alpha value is -2.08. The van der Waals surface area contributed by atoms with E-state index >= 15 is 0 Å². The Kier molecular flexibility index (Phi) is 3.33. The van der Waals surface area contributed by atoms with Crippen LogP contribution < -0.4 is 16.0 Å². The van der Waals surface area contributed by atoms with Crippen LogP contribution in [-0.4, -0.2) is 35.4 Å². The molecule has 0 radical (unpaired) electrons. The van der Waals surface area contributed by atoms with Gasteiger partial charge in [-0.1, -0.05) is 6.07 Å². The molecule has 2 aromatic heterocycles. The molecule has 6 nitrogen and oxygen atoms in total. The number of carbonyl (C=O) groups is 1. The van der Waals surface area contributed by atoms with Crippen LogP contribution >= 0.6 is 0 Å². The van der Waals surface area contributed by atoms with Crippen molar-refractivity contribution in [2.75, 3.05) is 25.0 Å². The van der Waals surface area contributed by atoms with Crippen LogP contribution in [0.1, 0.15) is 19.0 Å². The van der Waals surface area contributed by atoms with Crippen molar-refractivity contribution in [3.63, 3.8) is 0 Å². The number of anilines is 1. The smallest absolute Gasteiger partial charge is 0.225 e. The number of fused-ring (bicyclic) bond motifs is 1. The van der Waals surface area contributed by atoms with Crippen LogP contribution in [0.4, 0.5) is 5.82 Å². The number of pyridine rings is 1. The average molecular weight is 287 g/mol. The van der Waals surface area contributed by atoms with Gasteiger partial charge in [-0.15, -0.1) is 0 Å². The number of rotatable bonds is 4. The summed E-state index contributed by atoms with van der Waals surface area (Å²) in [5.74, 6) is 0.712. The molecule has 3 rings (SSSR count). The Morgan fingerprint density at radius 2 is 2.33 bits per heavy atom. The summed E-state index contributed by atoms with van der Waals surface area (Å²) in [5, 5.41) is 3.19. The molecule has 1 unspecified atom stereocenters. The SMILES string of the molecule is CNCc1c(N2CCC(C)(C(N)=O)C2)nc2ccccn12. The first-order valence-corrected chi connectivity index (χ1v) is 7.20. The predicted octanol–water partition coefficient (Wildman–Crippen LogP) is 0.755. The third kappa shape index (κ3) is 2.25. The molecule has 21 heavy (non-hydrogen) atoms. The lowest BCUT2D eigenvalue weighted by Crippen LogP contribution is -2.37. The van der Waals surface area contributed by atoms with Gasteiger partial charge in [0.1, 0.15) is 5.65 Å². The second kappa shape index (κ2) is 5.04. The maximum atomic E-state index is 11.6. The molecule has 0 spiro atoms. The van der Waals surface area contributed by atoms with Gasteiger partial charge in [-0.2, -0.15) is 0 Å². The van der Waals surface area contributed by atoms with E-state index in [0.717, 1.165) is 36.7 Å². The first-order chi connectivity index (χ1) is 10.0. The van der Waals surface area contributed by atoms with Crippen LogP contribution in [-0.2, 0) is 11.3 Å². The molecule has 2 aromatic rings. The van der Waals surface area contributed by atoms with Gasteiger partial charge >= 0.3 is 0 Å². The van der Waals surface area contributed by atoms with E-state index in [1.807, 2.05) is 38.4 Å². The summed E-state index contributed by atoms with van der Waals surface area (Å²) in [6.45, 7) is 4.09. The Morgan fingerprint density at radius 1 is 1.52 bits per heavy atom. The van der Waals surface area contributed by atoms with Gasteiger partial charge in [-0.05, 0) is 32.5 Å². The maximum absolute atomic E-state index is 11.6. The third-order valence-electron chi connectivity index (χ3n) is 4.32. The molecule has 1 amide bonds. The van der Waals surface area contributed by atoms with Gasteiger partial charge in [0, 0.05) is 25.8 Å². The Balaban J connectivity index is 2.01. The fourth-order valence-corrected chi connectivity index (χ4v) is 2.96. The molecule has 0 saturated carbocycles. The minimum atomic E-state index is -0.466. The summed E-state index contributed by atoms with van der Waals surface area (Å²) < 4.78 is 2.09. The van der Waals surface area contributed by atoms with Gasteiger partial charge in [0.15, 0.2) is 5.82 Å². The molecule has 0 aliphatic carbocycles. The van der Waals surface area contributed by atoms with Crippen molar-refractivity contribution >= 4 is 17.4 Å². The summed E-state index contributed by atoms with van der Waals surface area (Å²) in [5.41, 5.74) is 7.11. The lowest BCUT2D eigenvalue weighted by molar-refractivity contribution is -0.125. The quantitative estimate of drug-likeness (QED) is 0.870. The first kappa shape index (κ1) is 13.9. The lowest BCUT2D eigenvalue weighted by atomic mass is 9.89. The second-order valence-corrected chi connectivity index (χ2v) is 5.94. The Morgan fingerprint density at radius 3 is 3.00 bits per heavy atom. The van der Waals surface area contributed by atoms with Crippen LogP contribution in [0.5, 0.6) is 0 Å². The van der Waals surface area contributed by atoms with Crippen molar-refractivity contribution in [2.45, 2.75) is 19.9 Å².